The van der Waals surface area contributed by atoms with Crippen molar-refractivity contribution in [1.82, 2.24) is 9.88 Å². The summed E-state index contributed by atoms with van der Waals surface area (Å²) in [7, 11) is 0. The van der Waals surface area contributed by atoms with Gasteiger partial charge in [0.15, 0.2) is 0 Å². The lowest BCUT2D eigenvalue weighted by Crippen LogP contribution is -2.57. The summed E-state index contributed by atoms with van der Waals surface area (Å²) in [5, 5.41) is 5.92. The van der Waals surface area contributed by atoms with Crippen molar-refractivity contribution in [3.05, 3.63) is 29.4 Å². The van der Waals surface area contributed by atoms with Crippen molar-refractivity contribution >= 4 is 40.0 Å². The fraction of sp³-hybridized carbons (Fsp3) is 0.412. The lowest BCUT2D eigenvalue weighted by atomic mass is 10.1. The molecule has 1 fully saturated rings. The summed E-state index contributed by atoms with van der Waals surface area (Å²) < 4.78 is 5.36. The number of ether oxygens (including phenoxy) is 1. The minimum atomic E-state index is -0.483. The SMILES string of the molecule is CC(C)(C)OC(=O)N1CC(Nc2cc(Cl)cc3cnc(N)cc23)C1. The number of nitrogens with one attached hydrogen (secondary N) is 1. The highest BCUT2D eigenvalue weighted by Gasteiger charge is 2.33. The lowest BCUT2D eigenvalue weighted by Gasteiger charge is -2.40. The van der Waals surface area contributed by atoms with Crippen molar-refractivity contribution in [2.24, 2.45) is 0 Å². The molecule has 2 heterocycles. The maximum atomic E-state index is 12.0. The minimum Gasteiger partial charge on any atom is -0.444 e. The Morgan fingerprint density at radius 2 is 2.08 bits per heavy atom. The summed E-state index contributed by atoms with van der Waals surface area (Å²) in [6.45, 7) is 6.75. The number of hydrogen-bond acceptors (Lipinski definition) is 5. The van der Waals surface area contributed by atoms with Crippen LogP contribution in [0.15, 0.2) is 24.4 Å². The summed E-state index contributed by atoms with van der Waals surface area (Å²) in [5.74, 6) is 0.455. The largest absolute Gasteiger partial charge is 0.444 e. The van der Waals surface area contributed by atoms with Gasteiger partial charge in [0.05, 0.1) is 6.04 Å². The summed E-state index contributed by atoms with van der Waals surface area (Å²) in [6, 6.07) is 5.67. The second-order valence-corrected chi connectivity index (χ2v) is 7.45. The molecule has 1 saturated heterocycles. The average molecular weight is 349 g/mol. The summed E-state index contributed by atoms with van der Waals surface area (Å²) in [5.41, 5.74) is 6.19. The lowest BCUT2D eigenvalue weighted by molar-refractivity contribution is 0.0105. The van der Waals surface area contributed by atoms with E-state index in [9.17, 15) is 4.79 Å². The Morgan fingerprint density at radius 1 is 1.38 bits per heavy atom. The quantitative estimate of drug-likeness (QED) is 0.868. The Hall–Kier alpha value is -2.21. The van der Waals surface area contributed by atoms with Gasteiger partial charge >= 0.3 is 6.09 Å². The molecule has 1 aliphatic rings. The molecular weight excluding hydrogens is 328 g/mol. The summed E-state index contributed by atoms with van der Waals surface area (Å²) in [6.07, 6.45) is 1.42. The zero-order chi connectivity index (χ0) is 17.5. The highest BCUT2D eigenvalue weighted by Crippen LogP contribution is 2.30. The molecule has 0 spiro atoms. The zero-order valence-corrected chi connectivity index (χ0v) is 14.7. The van der Waals surface area contributed by atoms with Crippen molar-refractivity contribution in [3.63, 3.8) is 0 Å². The smallest absolute Gasteiger partial charge is 0.410 e. The van der Waals surface area contributed by atoms with E-state index in [-0.39, 0.29) is 12.1 Å². The van der Waals surface area contributed by atoms with Crippen LogP contribution >= 0.6 is 11.6 Å². The predicted octanol–water partition coefficient (Wildman–Crippen LogP) is 3.50. The Bertz CT molecular complexity index is 782. The van der Waals surface area contributed by atoms with Crippen LogP contribution in [0.1, 0.15) is 20.8 Å². The number of nitrogen functional groups attached to an aromatic ring is 1. The first-order valence-corrected chi connectivity index (χ1v) is 8.18. The van der Waals surface area contributed by atoms with Gasteiger partial charge in [-0.1, -0.05) is 11.6 Å². The molecule has 1 aliphatic heterocycles. The number of anilines is 2. The number of nitrogens with zero attached hydrogens (tertiary/aromatic N) is 2. The monoisotopic (exact) mass is 348 g/mol. The van der Waals surface area contributed by atoms with Crippen molar-refractivity contribution in [3.8, 4) is 0 Å². The number of nitrogens with two attached hydrogens (primary N) is 1. The van der Waals surface area contributed by atoms with Gasteiger partial charge in [0, 0.05) is 40.8 Å². The fourth-order valence-electron chi connectivity index (χ4n) is 2.62. The van der Waals surface area contributed by atoms with Crippen molar-refractivity contribution in [2.75, 3.05) is 24.1 Å². The van der Waals surface area contributed by atoms with E-state index in [1.165, 1.54) is 0 Å². The average Bonchev–Trinajstić information content (AvgIpc) is 2.40. The molecule has 7 heteroatoms. The molecule has 0 radical (unpaired) electrons. The molecule has 1 aromatic carbocycles. The molecule has 3 rings (SSSR count). The second-order valence-electron chi connectivity index (χ2n) is 7.01. The molecular formula is C17H21ClN4O2. The Balaban J connectivity index is 1.69. The molecule has 2 aromatic rings. The third kappa shape index (κ3) is 3.64. The van der Waals surface area contributed by atoms with E-state index in [0.717, 1.165) is 16.5 Å². The van der Waals surface area contributed by atoms with Crippen LogP contribution in [0.3, 0.4) is 0 Å². The zero-order valence-electron chi connectivity index (χ0n) is 14.0. The minimum absolute atomic E-state index is 0.147. The van der Waals surface area contributed by atoms with Gasteiger partial charge in [0.2, 0.25) is 0 Å². The molecule has 1 aromatic heterocycles. The molecule has 0 saturated carbocycles. The van der Waals surface area contributed by atoms with Gasteiger partial charge in [-0.15, -0.1) is 0 Å². The van der Waals surface area contributed by atoms with Gasteiger partial charge in [-0.2, -0.15) is 0 Å². The van der Waals surface area contributed by atoms with Crippen LogP contribution in [-0.2, 0) is 4.74 Å². The highest BCUT2D eigenvalue weighted by molar-refractivity contribution is 6.32. The van der Waals surface area contributed by atoms with Crippen LogP contribution in [0.4, 0.5) is 16.3 Å². The molecule has 0 aliphatic carbocycles. The van der Waals surface area contributed by atoms with Gasteiger partial charge in [0.25, 0.3) is 0 Å². The van der Waals surface area contributed by atoms with Gasteiger partial charge in [0.1, 0.15) is 11.4 Å². The third-order valence-electron chi connectivity index (χ3n) is 3.71. The van der Waals surface area contributed by atoms with Gasteiger partial charge in [-0.3, -0.25) is 0 Å². The Morgan fingerprint density at radius 3 is 2.75 bits per heavy atom. The van der Waals surface area contributed by atoms with Gasteiger partial charge in [-0.05, 0) is 39.0 Å². The normalized spacial score (nSPS) is 15.2. The standard InChI is InChI=1S/C17H21ClN4O2/c1-17(2,3)24-16(23)22-8-12(9-22)21-14-5-11(18)4-10-7-20-15(19)6-13(10)14/h4-7,12,21H,8-9H2,1-3H3,(H2,19,20). The number of halogens is 1. The van der Waals surface area contributed by atoms with E-state index < -0.39 is 5.60 Å². The first-order chi connectivity index (χ1) is 11.2. The maximum absolute atomic E-state index is 12.0. The van der Waals surface area contributed by atoms with Gasteiger partial charge < -0.3 is 20.7 Å². The summed E-state index contributed by atoms with van der Waals surface area (Å²) in [4.78, 5) is 17.7. The third-order valence-corrected chi connectivity index (χ3v) is 3.93. The van der Waals surface area contributed by atoms with E-state index in [4.69, 9.17) is 22.1 Å². The van der Waals surface area contributed by atoms with E-state index >= 15 is 0 Å². The second kappa shape index (κ2) is 6.02. The van der Waals surface area contributed by atoms with Crippen LogP contribution in [0, 0.1) is 0 Å². The van der Waals surface area contributed by atoms with E-state index in [0.29, 0.717) is 23.9 Å². The number of likely N-dealkylation sites (tertiary alicyclic amines) is 1. The number of carbonyl (C=O) groups excluding carboxylic acids is 1. The number of aromatic nitrogens is 1. The highest BCUT2D eigenvalue weighted by atomic mass is 35.5. The first kappa shape index (κ1) is 16.6. The van der Waals surface area contributed by atoms with E-state index in [1.54, 1.807) is 11.1 Å². The number of carbonyl (C=O) groups is 1. The molecule has 0 unspecified atom stereocenters. The van der Waals surface area contributed by atoms with Crippen LogP contribution in [0.25, 0.3) is 10.8 Å². The fourth-order valence-corrected chi connectivity index (χ4v) is 2.85. The molecule has 24 heavy (non-hydrogen) atoms. The predicted molar refractivity (Wildman–Crippen MR) is 96.4 cm³/mol. The van der Waals surface area contributed by atoms with Crippen molar-refractivity contribution in [1.29, 1.82) is 0 Å². The van der Waals surface area contributed by atoms with Crippen molar-refractivity contribution in [2.45, 2.75) is 32.4 Å². The Labute approximate surface area is 145 Å². The summed E-state index contributed by atoms with van der Waals surface area (Å²) >= 11 is 6.18. The maximum Gasteiger partial charge on any atom is 0.410 e. The molecule has 128 valence electrons. The number of pyridine rings is 1. The van der Waals surface area contributed by atoms with Crippen LogP contribution in [-0.4, -0.2) is 40.7 Å². The number of benzene rings is 1. The molecule has 6 nitrogen and oxygen atoms in total. The topological polar surface area (TPSA) is 80.5 Å². The molecule has 0 bridgehead atoms. The van der Waals surface area contributed by atoms with Crippen LogP contribution in [0.2, 0.25) is 5.02 Å². The molecule has 1 amide bonds. The van der Waals surface area contributed by atoms with E-state index in [2.05, 4.69) is 10.3 Å². The first-order valence-electron chi connectivity index (χ1n) is 7.80. The van der Waals surface area contributed by atoms with Crippen molar-refractivity contribution < 1.29 is 9.53 Å². The number of hydrogen-bond donors (Lipinski definition) is 2. The van der Waals surface area contributed by atoms with E-state index in [1.807, 2.05) is 39.0 Å². The van der Waals surface area contributed by atoms with Crippen LogP contribution in [0.5, 0.6) is 0 Å². The van der Waals surface area contributed by atoms with Gasteiger partial charge in [-0.25, -0.2) is 9.78 Å². The number of amides is 1. The van der Waals surface area contributed by atoms with Crippen LogP contribution < -0.4 is 11.1 Å². The molecule has 3 N–H and O–H groups in total. The number of rotatable bonds is 2. The molecule has 0 atom stereocenters. The Kier molecular flexibility index (Phi) is 4.17. The number of fused-ring (bicyclic) bond motifs is 1.